The number of hydrogen-bond donors (Lipinski definition) is 4. The second kappa shape index (κ2) is 14.3. The van der Waals surface area contributed by atoms with E-state index in [4.69, 9.17) is 19.4 Å². The van der Waals surface area contributed by atoms with Crippen LogP contribution in [0.1, 0.15) is 60.3 Å². The molecule has 2 aromatic carbocycles. The first-order valence-corrected chi connectivity index (χ1v) is 13.1. The van der Waals surface area contributed by atoms with Gasteiger partial charge in [0.05, 0.1) is 32.0 Å². The van der Waals surface area contributed by atoms with Gasteiger partial charge in [0.25, 0.3) is 0 Å². The highest BCUT2D eigenvalue weighted by Gasteiger charge is 2.33. The molecule has 2 aromatic rings. The quantitative estimate of drug-likeness (QED) is 0.259. The Bertz CT molecular complexity index is 1030. The molecule has 206 valence electrons. The van der Waals surface area contributed by atoms with Gasteiger partial charge >= 0.3 is 0 Å². The second-order valence-corrected chi connectivity index (χ2v) is 9.67. The number of nitrogens with one attached hydrogen (secondary N) is 2. The molecule has 0 aromatic heterocycles. The predicted molar refractivity (Wildman–Crippen MR) is 138 cm³/mol. The zero-order chi connectivity index (χ0) is 26.7. The van der Waals surface area contributed by atoms with Gasteiger partial charge in [0.15, 0.2) is 6.29 Å². The van der Waals surface area contributed by atoms with Crippen molar-refractivity contribution in [3.8, 4) is 0 Å². The van der Waals surface area contributed by atoms with E-state index in [1.165, 1.54) is 0 Å². The van der Waals surface area contributed by atoms with Crippen molar-refractivity contribution in [2.24, 2.45) is 0 Å². The molecule has 2 fully saturated rings. The molecule has 0 bridgehead atoms. The third-order valence-corrected chi connectivity index (χ3v) is 6.85. The Kier molecular flexibility index (Phi) is 10.6. The summed E-state index contributed by atoms with van der Waals surface area (Å²) in [7, 11) is 0. The standard InChI is InChI=1S/C28H37N3O7/c32-19-21-6-8-22(9-7-21)25-16-24(18-31-12-14-36-15-13-31)37-28(38-25)23-10-4-20(5-11-23)17-29-26(33)2-1-3-27(34)30-35/h4-11,24-25,28,32,35H,1-3,12-19H2,(H,29,33)(H,30,34)/t24-,25+,28+/m0/s1. The molecular formula is C28H37N3O7. The molecule has 2 heterocycles. The minimum Gasteiger partial charge on any atom is -0.392 e. The number of rotatable bonds is 11. The molecule has 2 saturated heterocycles. The molecule has 4 N–H and O–H groups in total. The third kappa shape index (κ3) is 8.32. The third-order valence-electron chi connectivity index (χ3n) is 6.85. The summed E-state index contributed by atoms with van der Waals surface area (Å²) in [4.78, 5) is 25.5. The van der Waals surface area contributed by atoms with E-state index >= 15 is 0 Å². The molecule has 38 heavy (non-hydrogen) atoms. The number of nitrogens with zero attached hydrogens (tertiary/aromatic N) is 1. The van der Waals surface area contributed by atoms with Crippen LogP contribution in [-0.2, 0) is 37.0 Å². The van der Waals surface area contributed by atoms with Crippen molar-refractivity contribution < 1.29 is 34.1 Å². The summed E-state index contributed by atoms with van der Waals surface area (Å²) in [5.74, 6) is -0.656. The van der Waals surface area contributed by atoms with Gasteiger partial charge in [0, 0.05) is 51.0 Å². The highest BCUT2D eigenvalue weighted by molar-refractivity contribution is 5.78. The molecule has 2 aliphatic heterocycles. The molecule has 0 saturated carbocycles. The van der Waals surface area contributed by atoms with E-state index in [9.17, 15) is 14.7 Å². The van der Waals surface area contributed by atoms with Crippen molar-refractivity contribution in [3.05, 3.63) is 70.8 Å². The average Bonchev–Trinajstić information content (AvgIpc) is 2.96. The van der Waals surface area contributed by atoms with Crippen LogP contribution in [0.15, 0.2) is 48.5 Å². The van der Waals surface area contributed by atoms with Gasteiger partial charge < -0.3 is 24.6 Å². The van der Waals surface area contributed by atoms with Crippen molar-refractivity contribution in [2.45, 2.75) is 57.3 Å². The van der Waals surface area contributed by atoms with E-state index in [2.05, 4.69) is 10.2 Å². The summed E-state index contributed by atoms with van der Waals surface area (Å²) >= 11 is 0. The van der Waals surface area contributed by atoms with Crippen LogP contribution in [-0.4, -0.2) is 66.0 Å². The van der Waals surface area contributed by atoms with Gasteiger partial charge in [-0.25, -0.2) is 5.48 Å². The molecule has 4 rings (SSSR count). The van der Waals surface area contributed by atoms with Crippen LogP contribution in [0.2, 0.25) is 0 Å². The maximum absolute atomic E-state index is 12.0. The van der Waals surface area contributed by atoms with Crippen LogP contribution < -0.4 is 10.8 Å². The molecule has 10 heteroatoms. The zero-order valence-corrected chi connectivity index (χ0v) is 21.5. The lowest BCUT2D eigenvalue weighted by molar-refractivity contribution is -0.253. The lowest BCUT2D eigenvalue weighted by Gasteiger charge is -2.39. The van der Waals surface area contributed by atoms with E-state index < -0.39 is 12.2 Å². The molecule has 3 atom stereocenters. The first-order chi connectivity index (χ1) is 18.5. The Morgan fingerprint density at radius 2 is 1.55 bits per heavy atom. The van der Waals surface area contributed by atoms with E-state index in [-0.39, 0.29) is 37.6 Å². The molecular weight excluding hydrogens is 490 g/mol. The van der Waals surface area contributed by atoms with Crippen molar-refractivity contribution in [1.29, 1.82) is 0 Å². The highest BCUT2D eigenvalue weighted by atomic mass is 16.7. The smallest absolute Gasteiger partial charge is 0.243 e. The number of hydroxylamine groups is 1. The van der Waals surface area contributed by atoms with Crippen LogP contribution in [0.5, 0.6) is 0 Å². The van der Waals surface area contributed by atoms with Crippen LogP contribution in [0.3, 0.4) is 0 Å². The zero-order valence-electron chi connectivity index (χ0n) is 21.5. The van der Waals surface area contributed by atoms with E-state index in [1.807, 2.05) is 48.5 Å². The minimum absolute atomic E-state index is 0.00483. The lowest BCUT2D eigenvalue weighted by Crippen LogP contribution is -2.44. The summed E-state index contributed by atoms with van der Waals surface area (Å²) in [6.07, 6.45) is 0.721. The van der Waals surface area contributed by atoms with Crippen LogP contribution in [0, 0.1) is 0 Å². The fourth-order valence-electron chi connectivity index (χ4n) is 4.65. The average molecular weight is 528 g/mol. The number of morpholine rings is 1. The van der Waals surface area contributed by atoms with Crippen molar-refractivity contribution in [2.75, 3.05) is 32.8 Å². The molecule has 10 nitrogen and oxygen atoms in total. The van der Waals surface area contributed by atoms with Crippen molar-refractivity contribution in [1.82, 2.24) is 15.7 Å². The number of hydrogen-bond acceptors (Lipinski definition) is 8. The molecule has 0 spiro atoms. The van der Waals surface area contributed by atoms with Gasteiger partial charge in [-0.15, -0.1) is 0 Å². The molecule has 0 unspecified atom stereocenters. The van der Waals surface area contributed by atoms with Gasteiger partial charge in [0.1, 0.15) is 0 Å². The van der Waals surface area contributed by atoms with Gasteiger partial charge in [-0.3, -0.25) is 19.7 Å². The SMILES string of the molecule is O=C(CCCC(=O)NCc1ccc([C@@H]2O[C@H](CN3CCOCC3)C[C@H](c3ccc(CO)cc3)O2)cc1)NO. The maximum Gasteiger partial charge on any atom is 0.243 e. The Morgan fingerprint density at radius 3 is 2.24 bits per heavy atom. The van der Waals surface area contributed by atoms with E-state index in [0.717, 1.165) is 61.5 Å². The monoisotopic (exact) mass is 527 g/mol. The number of carbonyl (C=O) groups is 2. The Balaban J connectivity index is 1.37. The van der Waals surface area contributed by atoms with Crippen molar-refractivity contribution in [3.63, 3.8) is 0 Å². The number of ether oxygens (including phenoxy) is 3. The number of aliphatic hydroxyl groups is 1. The first kappa shape index (κ1) is 28.2. The summed E-state index contributed by atoms with van der Waals surface area (Å²) in [5.41, 5.74) is 5.31. The van der Waals surface area contributed by atoms with Crippen LogP contribution in [0.4, 0.5) is 0 Å². The van der Waals surface area contributed by atoms with Crippen molar-refractivity contribution >= 4 is 11.8 Å². The predicted octanol–water partition coefficient (Wildman–Crippen LogP) is 2.35. The summed E-state index contributed by atoms with van der Waals surface area (Å²) in [6, 6.07) is 15.7. The van der Waals surface area contributed by atoms with Crippen LogP contribution in [0.25, 0.3) is 0 Å². The molecule has 2 amide bonds. The van der Waals surface area contributed by atoms with Gasteiger partial charge in [0.2, 0.25) is 11.8 Å². The summed E-state index contributed by atoms with van der Waals surface area (Å²) in [6.45, 7) is 4.41. The van der Waals surface area contributed by atoms with E-state index in [0.29, 0.717) is 13.0 Å². The lowest BCUT2D eigenvalue weighted by atomic mass is 9.99. The first-order valence-electron chi connectivity index (χ1n) is 13.1. The number of aliphatic hydroxyl groups excluding tert-OH is 1. The Labute approximate surface area is 222 Å². The second-order valence-electron chi connectivity index (χ2n) is 9.67. The Hall–Kier alpha value is -2.86. The molecule has 0 radical (unpaired) electrons. The highest BCUT2D eigenvalue weighted by Crippen LogP contribution is 2.38. The van der Waals surface area contributed by atoms with E-state index in [1.54, 1.807) is 5.48 Å². The summed E-state index contributed by atoms with van der Waals surface area (Å²) < 4.78 is 18.3. The fraction of sp³-hybridized carbons (Fsp3) is 0.500. The van der Waals surface area contributed by atoms with Gasteiger partial charge in [-0.2, -0.15) is 0 Å². The molecule has 2 aliphatic rings. The normalized spacial score (nSPS) is 22.1. The Morgan fingerprint density at radius 1 is 0.895 bits per heavy atom. The number of benzene rings is 2. The van der Waals surface area contributed by atoms with Gasteiger partial charge in [-0.05, 0) is 23.1 Å². The maximum atomic E-state index is 12.0. The number of amides is 2. The summed E-state index contributed by atoms with van der Waals surface area (Å²) in [5, 5.41) is 20.8. The van der Waals surface area contributed by atoms with Crippen LogP contribution >= 0.6 is 0 Å². The van der Waals surface area contributed by atoms with Gasteiger partial charge in [-0.1, -0.05) is 48.5 Å². The topological polar surface area (TPSA) is 130 Å². The molecule has 0 aliphatic carbocycles. The number of carbonyl (C=O) groups excluding carboxylic acids is 2. The minimum atomic E-state index is -0.529. The largest absolute Gasteiger partial charge is 0.392 e. The fourth-order valence-corrected chi connectivity index (χ4v) is 4.65.